The Bertz CT molecular complexity index is 1060. The van der Waals surface area contributed by atoms with Crippen LogP contribution in [-0.2, 0) is 14.3 Å². The van der Waals surface area contributed by atoms with E-state index in [2.05, 4.69) is 44.7 Å². The predicted molar refractivity (Wildman–Crippen MR) is 321 cm³/mol. The molecule has 0 aliphatic carbocycles. The van der Waals surface area contributed by atoms with Gasteiger partial charge in [0.2, 0.25) is 5.91 Å². The maximum absolute atomic E-state index is 14.2. The van der Waals surface area contributed by atoms with Gasteiger partial charge in [-0.3, -0.25) is 9.59 Å². The topological polar surface area (TPSA) is 46.6 Å². The number of hydrogen-bond acceptors (Lipinski definition) is 3. The molecule has 0 spiro atoms. The summed E-state index contributed by atoms with van der Waals surface area (Å²) in [6.45, 7) is 11.3. The van der Waals surface area contributed by atoms with Gasteiger partial charge in [-0.25, -0.2) is 0 Å². The third kappa shape index (κ3) is 54.9. The van der Waals surface area contributed by atoms with Gasteiger partial charge in [0.15, 0.2) is 0 Å². The monoisotopic (exact) mass is 1010 g/mol. The highest BCUT2D eigenvalue weighted by Gasteiger charge is 2.27. The number of rotatable bonds is 62. The molecule has 4 nitrogen and oxygen atoms in total. The molecule has 0 N–H and O–H groups in total. The fourth-order valence-corrected chi connectivity index (χ4v) is 10.9. The van der Waals surface area contributed by atoms with Crippen LogP contribution in [0, 0.1) is 5.92 Å². The van der Waals surface area contributed by atoms with Gasteiger partial charge in [-0.05, 0) is 51.4 Å². The number of carbonyl (C=O) groups excluding carboxylic acids is 2. The quantitative estimate of drug-likeness (QED) is 0.0346. The van der Waals surface area contributed by atoms with Crippen molar-refractivity contribution in [2.75, 3.05) is 19.7 Å². The normalized spacial score (nSPS) is 12.1. The summed E-state index contributed by atoms with van der Waals surface area (Å²) in [7, 11) is 0. The number of nitrogens with zero attached hydrogens (tertiary/aromatic N) is 1. The molecule has 0 aromatic heterocycles. The fourth-order valence-electron chi connectivity index (χ4n) is 10.9. The Morgan fingerprint density at radius 2 is 0.569 bits per heavy atom. The number of esters is 1. The molecule has 0 aromatic rings. The van der Waals surface area contributed by atoms with E-state index in [0.29, 0.717) is 6.61 Å². The van der Waals surface area contributed by atoms with Crippen molar-refractivity contribution in [1.82, 2.24) is 4.90 Å². The van der Waals surface area contributed by atoms with Crippen LogP contribution < -0.4 is 0 Å². The average molecular weight is 1010 g/mol. The summed E-state index contributed by atoms with van der Waals surface area (Å²) >= 11 is 0. The molecular weight excluding hydrogens is 879 g/mol. The molecule has 428 valence electrons. The lowest BCUT2D eigenvalue weighted by molar-refractivity contribution is -0.149. The highest BCUT2D eigenvalue weighted by atomic mass is 16.5. The molecule has 4 heteroatoms. The third-order valence-corrected chi connectivity index (χ3v) is 16.0. The number of allylic oxidation sites excluding steroid dienone is 2. The van der Waals surface area contributed by atoms with Gasteiger partial charge < -0.3 is 9.64 Å². The van der Waals surface area contributed by atoms with Gasteiger partial charge in [0.25, 0.3) is 0 Å². The number of carbonyl (C=O) groups is 2. The summed E-state index contributed by atoms with van der Waals surface area (Å²) < 4.78 is 5.75. The van der Waals surface area contributed by atoms with Crippen molar-refractivity contribution in [3.05, 3.63) is 12.2 Å². The van der Waals surface area contributed by atoms with E-state index in [1.807, 2.05) is 0 Å². The highest BCUT2D eigenvalue weighted by Crippen LogP contribution is 2.22. The standard InChI is InChI=1S/C68H133NO3/c1-5-9-13-17-21-22-23-24-25-26-27-28-29-30-31-32-33-34-35-36-37-38-39-40-41-42-43-44-45-46-47-48-49-50-51-52-53-57-61-66(65-67(70)72-64-60-56-20-16-12-8-4)68(71)69(62-58-54-18-14-10-6-2)63-59-55-19-15-11-7-3/h22-23,66H,5-21,24-65H2,1-4H3/b23-22+. The first kappa shape index (κ1) is 70.7. The Morgan fingerprint density at radius 1 is 0.319 bits per heavy atom. The first-order valence-electron chi connectivity index (χ1n) is 33.7. The second kappa shape index (κ2) is 62.2. The first-order chi connectivity index (χ1) is 35.6. The Hall–Kier alpha value is -1.32. The number of hydrogen-bond donors (Lipinski definition) is 0. The summed E-state index contributed by atoms with van der Waals surface area (Å²) in [5.74, 6) is -0.152. The van der Waals surface area contributed by atoms with Crippen molar-refractivity contribution in [2.45, 2.75) is 387 Å². The molecule has 0 bridgehead atoms. The van der Waals surface area contributed by atoms with Crippen molar-refractivity contribution in [2.24, 2.45) is 5.92 Å². The Morgan fingerprint density at radius 3 is 0.889 bits per heavy atom. The molecule has 0 aromatic carbocycles. The number of ether oxygens (including phenoxy) is 1. The van der Waals surface area contributed by atoms with Gasteiger partial charge in [-0.1, -0.05) is 342 Å². The van der Waals surface area contributed by atoms with E-state index < -0.39 is 0 Å². The minimum atomic E-state index is -0.228. The molecule has 0 saturated heterocycles. The lowest BCUT2D eigenvalue weighted by Gasteiger charge is -2.27. The summed E-state index contributed by atoms with van der Waals surface area (Å²) in [6.07, 6.45) is 78.3. The molecule has 72 heavy (non-hydrogen) atoms. The van der Waals surface area contributed by atoms with Crippen LogP contribution in [0.15, 0.2) is 12.2 Å². The van der Waals surface area contributed by atoms with E-state index in [1.165, 1.54) is 315 Å². The van der Waals surface area contributed by atoms with Crippen LogP contribution in [0.1, 0.15) is 387 Å². The van der Waals surface area contributed by atoms with Crippen LogP contribution in [-0.4, -0.2) is 36.5 Å². The van der Waals surface area contributed by atoms with E-state index in [0.717, 1.165) is 51.6 Å². The van der Waals surface area contributed by atoms with E-state index in [-0.39, 0.29) is 24.2 Å². The van der Waals surface area contributed by atoms with Crippen molar-refractivity contribution >= 4 is 11.9 Å². The second-order valence-corrected chi connectivity index (χ2v) is 23.3. The van der Waals surface area contributed by atoms with Crippen molar-refractivity contribution in [3.63, 3.8) is 0 Å². The molecule has 0 saturated carbocycles. The zero-order chi connectivity index (χ0) is 52.2. The molecule has 0 fully saturated rings. The minimum absolute atomic E-state index is 0.156. The average Bonchev–Trinajstić information content (AvgIpc) is 3.38. The smallest absolute Gasteiger partial charge is 0.306 e. The lowest BCUT2D eigenvalue weighted by atomic mass is 9.95. The second-order valence-electron chi connectivity index (χ2n) is 23.3. The maximum Gasteiger partial charge on any atom is 0.306 e. The van der Waals surface area contributed by atoms with Gasteiger partial charge in [-0.15, -0.1) is 0 Å². The molecule has 0 heterocycles. The van der Waals surface area contributed by atoms with E-state index in [1.54, 1.807) is 0 Å². The van der Waals surface area contributed by atoms with Crippen LogP contribution in [0.2, 0.25) is 0 Å². The highest BCUT2D eigenvalue weighted by molar-refractivity contribution is 5.83. The number of amides is 1. The maximum atomic E-state index is 14.2. The molecule has 0 aliphatic heterocycles. The molecule has 1 unspecified atom stereocenters. The van der Waals surface area contributed by atoms with Gasteiger partial charge in [0.05, 0.1) is 13.0 Å². The SMILES string of the molecule is CCCCCC/C=C/CCCCCCCCCCCCCCCCCCCCCCCCCCCCCCCCC(CC(=O)OCCCCCCCC)C(=O)N(CCCCCCCC)CCCCCCCC. The molecule has 1 atom stereocenters. The van der Waals surface area contributed by atoms with Crippen molar-refractivity contribution in [1.29, 1.82) is 0 Å². The molecule has 0 radical (unpaired) electrons. The van der Waals surface area contributed by atoms with Gasteiger partial charge >= 0.3 is 5.97 Å². The minimum Gasteiger partial charge on any atom is -0.466 e. The molecule has 0 aliphatic rings. The lowest BCUT2D eigenvalue weighted by Crippen LogP contribution is -2.38. The van der Waals surface area contributed by atoms with Crippen LogP contribution in [0.25, 0.3) is 0 Å². The Labute approximate surface area is 454 Å². The largest absolute Gasteiger partial charge is 0.466 e. The van der Waals surface area contributed by atoms with Crippen LogP contribution in [0.4, 0.5) is 0 Å². The fraction of sp³-hybridized carbons (Fsp3) is 0.941. The van der Waals surface area contributed by atoms with Crippen LogP contribution >= 0.6 is 0 Å². The number of unbranched alkanes of at least 4 members (excludes halogenated alkanes) is 49. The predicted octanol–water partition coefficient (Wildman–Crippen LogP) is 23.5. The van der Waals surface area contributed by atoms with Crippen molar-refractivity contribution in [3.8, 4) is 0 Å². The third-order valence-electron chi connectivity index (χ3n) is 16.0. The van der Waals surface area contributed by atoms with Crippen molar-refractivity contribution < 1.29 is 14.3 Å². The molecule has 0 rings (SSSR count). The van der Waals surface area contributed by atoms with E-state index in [4.69, 9.17) is 4.74 Å². The van der Waals surface area contributed by atoms with E-state index >= 15 is 0 Å². The van der Waals surface area contributed by atoms with Crippen LogP contribution in [0.5, 0.6) is 0 Å². The Kier molecular flexibility index (Phi) is 61.1. The zero-order valence-corrected chi connectivity index (χ0v) is 50.1. The van der Waals surface area contributed by atoms with Gasteiger partial charge in [0.1, 0.15) is 0 Å². The first-order valence-corrected chi connectivity index (χ1v) is 33.7. The van der Waals surface area contributed by atoms with Crippen LogP contribution in [0.3, 0.4) is 0 Å². The summed E-state index contributed by atoms with van der Waals surface area (Å²) in [5.41, 5.74) is 0. The zero-order valence-electron chi connectivity index (χ0n) is 50.1. The summed E-state index contributed by atoms with van der Waals surface area (Å²) in [4.78, 5) is 29.5. The van der Waals surface area contributed by atoms with Gasteiger partial charge in [0, 0.05) is 19.0 Å². The van der Waals surface area contributed by atoms with Gasteiger partial charge in [-0.2, -0.15) is 0 Å². The molecule has 1 amide bonds. The molecular formula is C68H133NO3. The van der Waals surface area contributed by atoms with E-state index in [9.17, 15) is 9.59 Å². The summed E-state index contributed by atoms with van der Waals surface area (Å²) in [6, 6.07) is 0. The summed E-state index contributed by atoms with van der Waals surface area (Å²) in [5, 5.41) is 0. The Balaban J connectivity index is 4.03.